The van der Waals surface area contributed by atoms with E-state index in [2.05, 4.69) is 30.0 Å². The first-order valence-electron chi connectivity index (χ1n) is 9.76. The van der Waals surface area contributed by atoms with Gasteiger partial charge in [0.15, 0.2) is 0 Å². The van der Waals surface area contributed by atoms with Crippen molar-refractivity contribution in [2.75, 3.05) is 0 Å². The van der Waals surface area contributed by atoms with Crippen LogP contribution in [0.15, 0.2) is 17.3 Å². The summed E-state index contributed by atoms with van der Waals surface area (Å²) >= 11 is 0. The molecule has 6 nitrogen and oxygen atoms in total. The zero-order valence-electron chi connectivity index (χ0n) is 16.2. The summed E-state index contributed by atoms with van der Waals surface area (Å²) in [7, 11) is 0. The number of hydrazone groups is 1. The first kappa shape index (κ1) is 25.5. The maximum Gasteiger partial charge on any atom is 0.217 e. The van der Waals surface area contributed by atoms with Gasteiger partial charge in [0, 0.05) is 6.42 Å². The lowest BCUT2D eigenvalue weighted by atomic mass is 10.1. The zero-order chi connectivity index (χ0) is 19.2. The standard InChI is InChI=1S/C18H35NO.CH6N4/c1-2-3-4-5-6-7-8-9-10-11-12-13-14-15-16-17-18(19)20;2-1(3)5-4/h9-10H,2-8,11-17H2,1H3,(H2,19,20);4H2,(H4,2,3,5)/b10-9-;. The van der Waals surface area contributed by atoms with Gasteiger partial charge in [0.05, 0.1) is 0 Å². The molecule has 25 heavy (non-hydrogen) atoms. The molecule has 0 aromatic carbocycles. The van der Waals surface area contributed by atoms with Crippen LogP contribution in [0.3, 0.4) is 0 Å². The summed E-state index contributed by atoms with van der Waals surface area (Å²) in [6.45, 7) is 2.26. The average Bonchev–Trinajstić information content (AvgIpc) is 2.58. The number of amides is 1. The van der Waals surface area contributed by atoms with Crippen molar-refractivity contribution in [2.24, 2.45) is 28.1 Å². The molecule has 0 aliphatic carbocycles. The molecule has 148 valence electrons. The molecule has 1 amide bonds. The molecule has 0 unspecified atom stereocenters. The van der Waals surface area contributed by atoms with Crippen molar-refractivity contribution in [3.63, 3.8) is 0 Å². The SMILES string of the molecule is CCCCCCCC/C=C\CCCCCCCC(N)=O.NN=C(N)N. The summed E-state index contributed by atoms with van der Waals surface area (Å²) in [5.74, 6) is 4.25. The molecule has 0 spiro atoms. The van der Waals surface area contributed by atoms with Crippen molar-refractivity contribution < 1.29 is 4.79 Å². The van der Waals surface area contributed by atoms with Gasteiger partial charge in [0.1, 0.15) is 0 Å². The Kier molecular flexibility index (Phi) is 22.7. The molecule has 0 atom stereocenters. The number of carbonyl (C=O) groups is 1. The summed E-state index contributed by atoms with van der Waals surface area (Å²) < 4.78 is 0. The topological polar surface area (TPSA) is 134 Å². The van der Waals surface area contributed by atoms with Crippen LogP contribution in [0.25, 0.3) is 0 Å². The van der Waals surface area contributed by atoms with Crippen LogP contribution in [0.1, 0.15) is 96.8 Å². The molecule has 0 saturated carbocycles. The largest absolute Gasteiger partial charge is 0.370 e. The molecule has 0 aromatic rings. The van der Waals surface area contributed by atoms with Crippen LogP contribution in [0.4, 0.5) is 0 Å². The number of primary amides is 1. The summed E-state index contributed by atoms with van der Waals surface area (Å²) in [6, 6.07) is 0. The molecule has 0 aliphatic rings. The summed E-state index contributed by atoms with van der Waals surface area (Å²) in [6.07, 6.45) is 21.9. The van der Waals surface area contributed by atoms with Crippen molar-refractivity contribution >= 4 is 11.9 Å². The Morgan fingerprint density at radius 2 is 1.16 bits per heavy atom. The third-order valence-corrected chi connectivity index (χ3v) is 3.83. The van der Waals surface area contributed by atoms with E-state index in [4.69, 9.17) is 17.2 Å². The monoisotopic (exact) mass is 355 g/mol. The lowest BCUT2D eigenvalue weighted by Crippen LogP contribution is -2.23. The van der Waals surface area contributed by atoms with Gasteiger partial charge >= 0.3 is 0 Å². The number of carbonyl (C=O) groups excluding carboxylic acids is 1. The second-order valence-corrected chi connectivity index (χ2v) is 6.35. The maximum atomic E-state index is 10.5. The first-order chi connectivity index (χ1) is 12.0. The van der Waals surface area contributed by atoms with E-state index in [1.807, 2.05) is 0 Å². The molecule has 0 heterocycles. The molecule has 8 N–H and O–H groups in total. The lowest BCUT2D eigenvalue weighted by Gasteiger charge is -1.99. The van der Waals surface area contributed by atoms with Gasteiger partial charge in [0.2, 0.25) is 11.9 Å². The highest BCUT2D eigenvalue weighted by Crippen LogP contribution is 2.09. The Bertz CT molecular complexity index is 339. The number of hydrogen-bond donors (Lipinski definition) is 4. The van der Waals surface area contributed by atoms with E-state index in [0.29, 0.717) is 6.42 Å². The third kappa shape index (κ3) is 30.7. The van der Waals surface area contributed by atoms with E-state index < -0.39 is 0 Å². The molecular formula is C19H41N5O. The summed E-state index contributed by atoms with van der Waals surface area (Å²) in [4.78, 5) is 10.5. The number of rotatable bonds is 15. The second kappa shape index (κ2) is 22.3. The van der Waals surface area contributed by atoms with E-state index >= 15 is 0 Å². The van der Waals surface area contributed by atoms with Gasteiger partial charge < -0.3 is 23.0 Å². The van der Waals surface area contributed by atoms with E-state index in [0.717, 1.165) is 12.8 Å². The Hall–Kier alpha value is -1.72. The zero-order valence-corrected chi connectivity index (χ0v) is 16.2. The quantitative estimate of drug-likeness (QED) is 0.0890. The molecule has 0 radical (unpaired) electrons. The Labute approximate surface area is 154 Å². The van der Waals surface area contributed by atoms with E-state index in [-0.39, 0.29) is 11.9 Å². The number of unbranched alkanes of at least 4 members (excludes halogenated alkanes) is 11. The summed E-state index contributed by atoms with van der Waals surface area (Å²) in [5, 5.41) is 2.86. The van der Waals surface area contributed by atoms with Crippen LogP contribution in [-0.2, 0) is 4.79 Å². The minimum Gasteiger partial charge on any atom is -0.370 e. The normalized spacial score (nSPS) is 10.3. The molecule has 0 saturated heterocycles. The summed E-state index contributed by atoms with van der Waals surface area (Å²) in [5.41, 5.74) is 14.5. The molecule has 0 rings (SSSR count). The van der Waals surface area contributed by atoms with Gasteiger partial charge in [-0.05, 0) is 32.1 Å². The number of allylic oxidation sites excluding steroid dienone is 2. The van der Waals surface area contributed by atoms with Gasteiger partial charge in [0.25, 0.3) is 0 Å². The average molecular weight is 356 g/mol. The first-order valence-corrected chi connectivity index (χ1v) is 9.76. The number of nitrogens with zero attached hydrogens (tertiary/aromatic N) is 1. The van der Waals surface area contributed by atoms with Crippen molar-refractivity contribution in [1.82, 2.24) is 0 Å². The van der Waals surface area contributed by atoms with Crippen LogP contribution >= 0.6 is 0 Å². The smallest absolute Gasteiger partial charge is 0.217 e. The third-order valence-electron chi connectivity index (χ3n) is 3.83. The highest BCUT2D eigenvalue weighted by molar-refractivity contribution is 5.75. The Morgan fingerprint density at radius 1 is 0.760 bits per heavy atom. The molecule has 0 aliphatic heterocycles. The lowest BCUT2D eigenvalue weighted by molar-refractivity contribution is -0.118. The minimum absolute atomic E-state index is 0.0926. The van der Waals surface area contributed by atoms with Gasteiger partial charge in [-0.25, -0.2) is 0 Å². The molecule has 6 heteroatoms. The fourth-order valence-electron chi connectivity index (χ4n) is 2.37. The van der Waals surface area contributed by atoms with Gasteiger partial charge in [-0.2, -0.15) is 0 Å². The van der Waals surface area contributed by atoms with Crippen molar-refractivity contribution in [3.8, 4) is 0 Å². The Balaban J connectivity index is 0. The van der Waals surface area contributed by atoms with Gasteiger partial charge in [-0.15, -0.1) is 5.10 Å². The van der Waals surface area contributed by atoms with Crippen LogP contribution in [0.5, 0.6) is 0 Å². The van der Waals surface area contributed by atoms with Crippen LogP contribution in [0, 0.1) is 0 Å². The minimum atomic E-state index is -0.164. The number of hydrogen-bond acceptors (Lipinski definition) is 3. The van der Waals surface area contributed by atoms with Crippen LogP contribution in [-0.4, -0.2) is 11.9 Å². The van der Waals surface area contributed by atoms with Crippen molar-refractivity contribution in [3.05, 3.63) is 12.2 Å². The van der Waals surface area contributed by atoms with E-state index in [9.17, 15) is 4.79 Å². The van der Waals surface area contributed by atoms with E-state index in [1.54, 1.807) is 0 Å². The van der Waals surface area contributed by atoms with Crippen molar-refractivity contribution in [2.45, 2.75) is 96.8 Å². The van der Waals surface area contributed by atoms with E-state index in [1.165, 1.54) is 70.6 Å². The fourth-order valence-corrected chi connectivity index (χ4v) is 2.37. The molecule has 0 fully saturated rings. The second-order valence-electron chi connectivity index (χ2n) is 6.35. The Morgan fingerprint density at radius 3 is 1.56 bits per heavy atom. The van der Waals surface area contributed by atoms with Crippen LogP contribution in [0.2, 0.25) is 0 Å². The fraction of sp³-hybridized carbons (Fsp3) is 0.789. The number of guanidine groups is 1. The molecule has 0 bridgehead atoms. The van der Waals surface area contributed by atoms with Gasteiger partial charge in [-0.1, -0.05) is 70.4 Å². The predicted molar refractivity (Wildman–Crippen MR) is 109 cm³/mol. The molecule has 0 aromatic heterocycles. The highest BCUT2D eigenvalue weighted by atomic mass is 16.1. The van der Waals surface area contributed by atoms with Gasteiger partial charge in [-0.3, -0.25) is 4.79 Å². The highest BCUT2D eigenvalue weighted by Gasteiger charge is 1.94. The number of nitrogens with two attached hydrogens (primary N) is 4. The predicted octanol–water partition coefficient (Wildman–Crippen LogP) is 3.64. The van der Waals surface area contributed by atoms with Crippen molar-refractivity contribution in [1.29, 1.82) is 0 Å². The molecular weight excluding hydrogens is 314 g/mol. The van der Waals surface area contributed by atoms with Crippen LogP contribution < -0.4 is 23.0 Å². The maximum absolute atomic E-state index is 10.5.